The Kier molecular flexibility index (Phi) is 5.64. The molecule has 3 heteroatoms. The molecule has 2 atom stereocenters. The van der Waals surface area contributed by atoms with Crippen molar-refractivity contribution in [1.82, 2.24) is 5.32 Å². The Hall–Kier alpha value is -0.410. The van der Waals surface area contributed by atoms with Crippen LogP contribution in [0.25, 0.3) is 0 Å². The Labute approximate surface area is 115 Å². The molecule has 1 aliphatic carbocycles. The van der Waals surface area contributed by atoms with Crippen molar-refractivity contribution in [1.29, 1.82) is 0 Å². The summed E-state index contributed by atoms with van der Waals surface area (Å²) in [6.07, 6.45) is 7.74. The molecule has 1 saturated carbocycles. The van der Waals surface area contributed by atoms with Crippen molar-refractivity contribution in [2.24, 2.45) is 11.8 Å². The van der Waals surface area contributed by atoms with E-state index in [-0.39, 0.29) is 0 Å². The van der Waals surface area contributed by atoms with Gasteiger partial charge in [-0.05, 0) is 43.2 Å². The van der Waals surface area contributed by atoms with Crippen LogP contribution in [0.15, 0.2) is 16.5 Å². The normalized spacial score (nSPS) is 24.3. The van der Waals surface area contributed by atoms with Crippen LogP contribution in [0.4, 0.5) is 0 Å². The maximum absolute atomic E-state index is 5.76. The van der Waals surface area contributed by atoms with Gasteiger partial charge in [-0.2, -0.15) is 11.8 Å². The van der Waals surface area contributed by atoms with E-state index in [4.69, 9.17) is 4.42 Å². The van der Waals surface area contributed by atoms with Gasteiger partial charge in [-0.25, -0.2) is 0 Å². The quantitative estimate of drug-likeness (QED) is 0.841. The molecule has 18 heavy (non-hydrogen) atoms. The third kappa shape index (κ3) is 4.06. The highest BCUT2D eigenvalue weighted by atomic mass is 32.2. The van der Waals surface area contributed by atoms with E-state index < -0.39 is 0 Å². The molecule has 1 aromatic rings. The van der Waals surface area contributed by atoms with Crippen LogP contribution >= 0.6 is 11.8 Å². The minimum Gasteiger partial charge on any atom is -0.464 e. The highest BCUT2D eigenvalue weighted by Crippen LogP contribution is 2.28. The lowest BCUT2D eigenvalue weighted by Gasteiger charge is -2.28. The second-order valence-corrected chi connectivity index (χ2v) is 6.32. The number of hydrogen-bond donors (Lipinski definition) is 1. The van der Waals surface area contributed by atoms with E-state index in [0.717, 1.165) is 42.2 Å². The number of hydrogen-bond acceptors (Lipinski definition) is 3. The van der Waals surface area contributed by atoms with Gasteiger partial charge in [0.2, 0.25) is 0 Å². The lowest BCUT2D eigenvalue weighted by molar-refractivity contribution is 0.245. The molecule has 2 unspecified atom stereocenters. The van der Waals surface area contributed by atoms with Crippen LogP contribution in [-0.2, 0) is 12.3 Å². The predicted octanol–water partition coefficient (Wildman–Crippen LogP) is 4.06. The fourth-order valence-electron chi connectivity index (χ4n) is 2.81. The first-order valence-corrected chi connectivity index (χ1v) is 8.46. The molecule has 0 aromatic carbocycles. The molecule has 0 spiro atoms. The zero-order valence-electron chi connectivity index (χ0n) is 11.6. The van der Waals surface area contributed by atoms with Gasteiger partial charge in [-0.3, -0.25) is 0 Å². The van der Waals surface area contributed by atoms with Gasteiger partial charge in [-0.1, -0.05) is 26.2 Å². The minimum absolute atomic E-state index is 0.861. The minimum atomic E-state index is 0.861. The molecule has 2 rings (SSSR count). The first kappa shape index (κ1) is 14.0. The molecule has 0 bridgehead atoms. The SMILES string of the molecule is CSCc1ccc(CNCC2CCCCC2C)o1. The summed E-state index contributed by atoms with van der Waals surface area (Å²) in [6, 6.07) is 4.19. The Morgan fingerprint density at radius 3 is 2.83 bits per heavy atom. The van der Waals surface area contributed by atoms with E-state index in [1.807, 2.05) is 0 Å². The number of nitrogens with one attached hydrogen (secondary N) is 1. The summed E-state index contributed by atoms with van der Waals surface area (Å²) in [6.45, 7) is 4.41. The van der Waals surface area contributed by atoms with Gasteiger partial charge in [0.1, 0.15) is 11.5 Å². The second-order valence-electron chi connectivity index (χ2n) is 5.45. The Morgan fingerprint density at radius 1 is 1.28 bits per heavy atom. The average molecular weight is 267 g/mol. The molecule has 0 aliphatic heterocycles. The van der Waals surface area contributed by atoms with Crippen LogP contribution in [-0.4, -0.2) is 12.8 Å². The molecule has 0 radical (unpaired) electrons. The number of furan rings is 1. The summed E-state index contributed by atoms with van der Waals surface area (Å²) in [5.74, 6) is 4.88. The molecule has 1 N–H and O–H groups in total. The van der Waals surface area contributed by atoms with Crippen LogP contribution in [0.5, 0.6) is 0 Å². The van der Waals surface area contributed by atoms with E-state index in [1.165, 1.54) is 25.7 Å². The van der Waals surface area contributed by atoms with E-state index >= 15 is 0 Å². The fraction of sp³-hybridized carbons (Fsp3) is 0.733. The molecule has 1 aliphatic rings. The molecule has 0 amide bonds. The van der Waals surface area contributed by atoms with Gasteiger partial charge < -0.3 is 9.73 Å². The van der Waals surface area contributed by atoms with Gasteiger partial charge in [-0.15, -0.1) is 0 Å². The number of rotatable bonds is 6. The summed E-state index contributed by atoms with van der Waals surface area (Å²) >= 11 is 1.80. The number of thioether (sulfide) groups is 1. The molecule has 1 heterocycles. The lowest BCUT2D eigenvalue weighted by atomic mass is 9.80. The standard InChI is InChI=1S/C15H25NOS/c1-12-5-3-4-6-13(12)9-16-10-14-7-8-15(17-14)11-18-2/h7-8,12-13,16H,3-6,9-11H2,1-2H3. The summed E-state index contributed by atoms with van der Waals surface area (Å²) in [4.78, 5) is 0. The summed E-state index contributed by atoms with van der Waals surface area (Å²) < 4.78 is 5.76. The maximum atomic E-state index is 5.76. The van der Waals surface area contributed by atoms with Crippen molar-refractivity contribution in [3.05, 3.63) is 23.7 Å². The zero-order valence-corrected chi connectivity index (χ0v) is 12.4. The molecule has 0 saturated heterocycles. The van der Waals surface area contributed by atoms with Crippen LogP contribution in [0.3, 0.4) is 0 Å². The van der Waals surface area contributed by atoms with Crippen molar-refractivity contribution >= 4 is 11.8 Å². The molecule has 102 valence electrons. The van der Waals surface area contributed by atoms with E-state index in [0.29, 0.717) is 0 Å². The van der Waals surface area contributed by atoms with E-state index in [2.05, 4.69) is 30.6 Å². The Bertz CT molecular complexity index is 350. The maximum Gasteiger partial charge on any atom is 0.117 e. The van der Waals surface area contributed by atoms with Gasteiger partial charge in [0.15, 0.2) is 0 Å². The Balaban J connectivity index is 1.70. The van der Waals surface area contributed by atoms with Gasteiger partial charge in [0.05, 0.1) is 12.3 Å². The highest BCUT2D eigenvalue weighted by Gasteiger charge is 2.20. The molecular weight excluding hydrogens is 242 g/mol. The second kappa shape index (κ2) is 7.25. The average Bonchev–Trinajstić information content (AvgIpc) is 2.80. The van der Waals surface area contributed by atoms with Crippen molar-refractivity contribution < 1.29 is 4.42 Å². The largest absolute Gasteiger partial charge is 0.464 e. The zero-order chi connectivity index (χ0) is 12.8. The van der Waals surface area contributed by atoms with E-state index in [1.54, 1.807) is 11.8 Å². The van der Waals surface area contributed by atoms with Gasteiger partial charge in [0, 0.05) is 0 Å². The van der Waals surface area contributed by atoms with Crippen molar-refractivity contribution in [2.75, 3.05) is 12.8 Å². The molecule has 1 aromatic heterocycles. The third-order valence-corrected chi connectivity index (χ3v) is 4.57. The summed E-state index contributed by atoms with van der Waals surface area (Å²) in [7, 11) is 0. The monoisotopic (exact) mass is 267 g/mol. The van der Waals surface area contributed by atoms with Crippen LogP contribution in [0, 0.1) is 11.8 Å². The molecular formula is C15H25NOS. The van der Waals surface area contributed by atoms with Crippen LogP contribution in [0.2, 0.25) is 0 Å². The first-order valence-electron chi connectivity index (χ1n) is 7.07. The molecule has 1 fully saturated rings. The third-order valence-electron chi connectivity index (χ3n) is 4.00. The van der Waals surface area contributed by atoms with Crippen molar-refractivity contribution in [3.8, 4) is 0 Å². The van der Waals surface area contributed by atoms with Crippen LogP contribution < -0.4 is 5.32 Å². The van der Waals surface area contributed by atoms with Crippen molar-refractivity contribution in [2.45, 2.75) is 44.9 Å². The van der Waals surface area contributed by atoms with E-state index in [9.17, 15) is 0 Å². The molecule has 2 nitrogen and oxygen atoms in total. The Morgan fingerprint density at radius 2 is 2.06 bits per heavy atom. The first-order chi connectivity index (χ1) is 8.79. The smallest absolute Gasteiger partial charge is 0.117 e. The summed E-state index contributed by atoms with van der Waals surface area (Å²) in [5, 5.41) is 3.56. The lowest BCUT2D eigenvalue weighted by Crippen LogP contribution is -2.28. The summed E-state index contributed by atoms with van der Waals surface area (Å²) in [5.41, 5.74) is 0. The van der Waals surface area contributed by atoms with Gasteiger partial charge in [0.25, 0.3) is 0 Å². The van der Waals surface area contributed by atoms with Crippen molar-refractivity contribution in [3.63, 3.8) is 0 Å². The predicted molar refractivity (Wildman–Crippen MR) is 78.8 cm³/mol. The van der Waals surface area contributed by atoms with Crippen LogP contribution in [0.1, 0.15) is 44.1 Å². The fourth-order valence-corrected chi connectivity index (χ4v) is 3.25. The highest BCUT2D eigenvalue weighted by molar-refractivity contribution is 7.97. The topological polar surface area (TPSA) is 25.2 Å². The van der Waals surface area contributed by atoms with Gasteiger partial charge >= 0.3 is 0 Å².